The maximum Gasteiger partial charge on any atom is 0.244 e. The first kappa shape index (κ1) is 24.4. The number of hydrogen-bond acceptors (Lipinski definition) is 4. The number of aryl methyl sites for hydroxylation is 2. The number of carbonyl (C=O) groups is 2. The highest BCUT2D eigenvalue weighted by Crippen LogP contribution is 2.22. The second-order valence-corrected chi connectivity index (χ2v) is 9.57. The third kappa shape index (κ3) is 6.55. The van der Waals surface area contributed by atoms with Gasteiger partial charge >= 0.3 is 0 Å². The molecule has 2 rings (SSSR count). The number of hydrogen-bond donors (Lipinski definition) is 1. The molecule has 1 atom stereocenters. The van der Waals surface area contributed by atoms with Gasteiger partial charge in [-0.25, -0.2) is 8.42 Å². The van der Waals surface area contributed by atoms with Crippen LogP contribution in [-0.4, -0.2) is 51.0 Å². The van der Waals surface area contributed by atoms with Crippen molar-refractivity contribution in [1.29, 1.82) is 0 Å². The van der Waals surface area contributed by atoms with Crippen molar-refractivity contribution in [3.63, 3.8) is 0 Å². The van der Waals surface area contributed by atoms with E-state index in [0.717, 1.165) is 27.3 Å². The smallest absolute Gasteiger partial charge is 0.244 e. The van der Waals surface area contributed by atoms with Crippen LogP contribution in [0, 0.1) is 13.8 Å². The second-order valence-electron chi connectivity index (χ2n) is 7.66. The highest BCUT2D eigenvalue weighted by atomic mass is 32.2. The maximum atomic E-state index is 13.4. The van der Waals surface area contributed by atoms with Crippen molar-refractivity contribution < 1.29 is 18.0 Å². The fourth-order valence-electron chi connectivity index (χ4n) is 3.57. The van der Waals surface area contributed by atoms with Gasteiger partial charge in [-0.05, 0) is 49.1 Å². The molecule has 2 aromatic carbocycles. The average Bonchev–Trinajstić information content (AvgIpc) is 2.70. The van der Waals surface area contributed by atoms with E-state index in [9.17, 15) is 18.0 Å². The van der Waals surface area contributed by atoms with Crippen LogP contribution in [0.15, 0.2) is 48.5 Å². The van der Waals surface area contributed by atoms with Crippen LogP contribution in [0.3, 0.4) is 0 Å². The minimum absolute atomic E-state index is 0.204. The van der Waals surface area contributed by atoms with Crippen molar-refractivity contribution in [3.05, 3.63) is 65.2 Å². The van der Waals surface area contributed by atoms with E-state index in [1.165, 1.54) is 11.9 Å². The molecule has 1 N–H and O–H groups in total. The summed E-state index contributed by atoms with van der Waals surface area (Å²) in [5.74, 6) is -0.729. The molecular weight excluding hydrogens is 414 g/mol. The highest BCUT2D eigenvalue weighted by molar-refractivity contribution is 7.92. The van der Waals surface area contributed by atoms with Crippen molar-refractivity contribution in [2.24, 2.45) is 0 Å². The fourth-order valence-corrected chi connectivity index (χ4v) is 4.41. The van der Waals surface area contributed by atoms with Crippen LogP contribution < -0.4 is 9.62 Å². The van der Waals surface area contributed by atoms with Crippen LogP contribution in [0.2, 0.25) is 0 Å². The highest BCUT2D eigenvalue weighted by Gasteiger charge is 2.31. The zero-order valence-electron chi connectivity index (χ0n) is 18.8. The van der Waals surface area contributed by atoms with E-state index in [2.05, 4.69) is 5.32 Å². The van der Waals surface area contributed by atoms with Crippen molar-refractivity contribution in [1.82, 2.24) is 10.2 Å². The molecule has 0 aliphatic rings. The van der Waals surface area contributed by atoms with Crippen molar-refractivity contribution >= 4 is 27.5 Å². The van der Waals surface area contributed by atoms with Crippen molar-refractivity contribution in [3.8, 4) is 0 Å². The minimum atomic E-state index is -3.73. The summed E-state index contributed by atoms with van der Waals surface area (Å²) >= 11 is 0. The summed E-state index contributed by atoms with van der Waals surface area (Å²) in [4.78, 5) is 27.3. The Labute approximate surface area is 185 Å². The molecule has 7 nitrogen and oxygen atoms in total. The molecule has 0 saturated carbocycles. The van der Waals surface area contributed by atoms with Gasteiger partial charge in [-0.3, -0.25) is 13.9 Å². The summed E-state index contributed by atoms with van der Waals surface area (Å²) in [6, 6.07) is 14.0. The van der Waals surface area contributed by atoms with Crippen LogP contribution in [0.25, 0.3) is 0 Å². The molecule has 0 spiro atoms. The van der Waals surface area contributed by atoms with Crippen molar-refractivity contribution in [2.45, 2.75) is 39.8 Å². The molecule has 31 heavy (non-hydrogen) atoms. The Kier molecular flexibility index (Phi) is 8.21. The third-order valence-corrected chi connectivity index (χ3v) is 6.14. The number of benzene rings is 2. The van der Waals surface area contributed by atoms with Gasteiger partial charge in [0, 0.05) is 13.6 Å². The van der Waals surface area contributed by atoms with Crippen LogP contribution in [0.1, 0.15) is 30.0 Å². The molecule has 0 aliphatic heterocycles. The molecule has 0 aromatic heterocycles. The van der Waals surface area contributed by atoms with Crippen molar-refractivity contribution in [2.75, 3.05) is 24.2 Å². The van der Waals surface area contributed by atoms with E-state index in [4.69, 9.17) is 0 Å². The Balaban J connectivity index is 2.44. The number of amides is 2. The van der Waals surface area contributed by atoms with E-state index in [1.54, 1.807) is 12.1 Å². The standard InChI is InChI=1S/C23H31N3O4S/c1-6-21(23(28)24-4)25(15-19-10-8-7-9-11-19)22(27)16-26(31(5,29)30)20-13-17(2)12-18(3)14-20/h7-14,21H,6,15-16H2,1-5H3,(H,24,28)/t21-/m1/s1. The predicted molar refractivity (Wildman–Crippen MR) is 123 cm³/mol. The summed E-state index contributed by atoms with van der Waals surface area (Å²) in [5.41, 5.74) is 3.08. The van der Waals surface area contributed by atoms with Gasteiger partial charge in [0.25, 0.3) is 0 Å². The van der Waals surface area contributed by atoms with E-state index >= 15 is 0 Å². The molecule has 0 unspecified atom stereocenters. The summed E-state index contributed by atoms with van der Waals surface area (Å²) in [5, 5.41) is 2.60. The first-order valence-corrected chi connectivity index (χ1v) is 12.0. The molecule has 8 heteroatoms. The van der Waals surface area contributed by atoms with E-state index in [1.807, 2.05) is 57.2 Å². The lowest BCUT2D eigenvalue weighted by atomic mass is 10.1. The van der Waals surface area contributed by atoms with Gasteiger partial charge in [0.05, 0.1) is 11.9 Å². The zero-order chi connectivity index (χ0) is 23.2. The normalized spacial score (nSPS) is 12.2. The number of rotatable bonds is 9. The largest absolute Gasteiger partial charge is 0.357 e. The Bertz CT molecular complexity index is 1000. The van der Waals surface area contributed by atoms with Crippen LogP contribution in [-0.2, 0) is 26.2 Å². The maximum absolute atomic E-state index is 13.4. The van der Waals surface area contributed by atoms with E-state index in [-0.39, 0.29) is 19.0 Å². The summed E-state index contributed by atoms with van der Waals surface area (Å²) < 4.78 is 26.3. The predicted octanol–water partition coefficient (Wildman–Crippen LogP) is 2.62. The molecule has 0 radical (unpaired) electrons. The van der Waals surface area contributed by atoms with Gasteiger partial charge in [-0.2, -0.15) is 0 Å². The Hall–Kier alpha value is -2.87. The molecule has 168 valence electrons. The molecule has 0 fully saturated rings. The lowest BCUT2D eigenvalue weighted by molar-refractivity contribution is -0.140. The minimum Gasteiger partial charge on any atom is -0.357 e. The van der Waals surface area contributed by atoms with Gasteiger partial charge in [0.15, 0.2) is 0 Å². The lowest BCUT2D eigenvalue weighted by Gasteiger charge is -2.32. The number of anilines is 1. The molecule has 2 aromatic rings. The summed E-state index contributed by atoms with van der Waals surface area (Å²) in [6.45, 7) is 5.39. The fraction of sp³-hybridized carbons (Fsp3) is 0.391. The number of likely N-dealkylation sites (N-methyl/N-ethyl adjacent to an activating group) is 1. The Morgan fingerprint density at radius 3 is 2.10 bits per heavy atom. The molecule has 0 bridgehead atoms. The Morgan fingerprint density at radius 2 is 1.61 bits per heavy atom. The van der Waals surface area contributed by atoms with Gasteiger partial charge < -0.3 is 10.2 Å². The molecule has 0 saturated heterocycles. The van der Waals surface area contributed by atoms with Crippen LogP contribution >= 0.6 is 0 Å². The third-order valence-electron chi connectivity index (χ3n) is 5.00. The summed E-state index contributed by atoms with van der Waals surface area (Å²) in [7, 11) is -2.20. The topological polar surface area (TPSA) is 86.8 Å². The van der Waals surface area contributed by atoms with Gasteiger partial charge in [0.1, 0.15) is 12.6 Å². The van der Waals surface area contributed by atoms with Crippen LogP contribution in [0.5, 0.6) is 0 Å². The quantitative estimate of drug-likeness (QED) is 0.643. The molecule has 0 aliphatic carbocycles. The first-order valence-electron chi connectivity index (χ1n) is 10.2. The van der Waals surface area contributed by atoms with Gasteiger partial charge in [-0.1, -0.05) is 43.3 Å². The summed E-state index contributed by atoms with van der Waals surface area (Å²) in [6.07, 6.45) is 1.48. The van der Waals surface area contributed by atoms with E-state index < -0.39 is 22.0 Å². The SMILES string of the molecule is CC[C@H](C(=O)NC)N(Cc1ccccc1)C(=O)CN(c1cc(C)cc(C)c1)S(C)(=O)=O. The van der Waals surface area contributed by atoms with Gasteiger partial charge in [0.2, 0.25) is 21.8 Å². The molecule has 2 amide bonds. The number of carbonyl (C=O) groups excluding carboxylic acids is 2. The first-order chi connectivity index (χ1) is 14.6. The number of nitrogens with zero attached hydrogens (tertiary/aromatic N) is 2. The number of nitrogens with one attached hydrogen (secondary N) is 1. The monoisotopic (exact) mass is 445 g/mol. The lowest BCUT2D eigenvalue weighted by Crippen LogP contribution is -2.51. The average molecular weight is 446 g/mol. The number of sulfonamides is 1. The van der Waals surface area contributed by atoms with Gasteiger partial charge in [-0.15, -0.1) is 0 Å². The molecular formula is C23H31N3O4S. The molecule has 0 heterocycles. The Morgan fingerprint density at radius 1 is 1.03 bits per heavy atom. The zero-order valence-corrected chi connectivity index (χ0v) is 19.6. The van der Waals surface area contributed by atoms with E-state index in [0.29, 0.717) is 12.1 Å². The van der Waals surface area contributed by atoms with Crippen LogP contribution in [0.4, 0.5) is 5.69 Å². The second kappa shape index (κ2) is 10.4.